The molecule has 0 saturated carbocycles. The van der Waals surface area contributed by atoms with Crippen LogP contribution < -0.4 is 10.3 Å². The SMILES string of the molecule is O=c1nc2n(cc1Br)[C@@H]1OC(CO)[C@H](O)[C@H]1O2. The zero-order valence-electron chi connectivity index (χ0n) is 8.49. The normalized spacial score (nSPS) is 34.3. The molecule has 1 aromatic heterocycles. The number of ether oxygens (including phenoxy) is 2. The van der Waals surface area contributed by atoms with Crippen LogP contribution in [0.15, 0.2) is 15.5 Å². The van der Waals surface area contributed by atoms with E-state index in [0.29, 0.717) is 0 Å². The van der Waals surface area contributed by atoms with Crippen LogP contribution in [0.4, 0.5) is 0 Å². The number of fused-ring (bicyclic) bond motifs is 3. The number of aliphatic hydroxyl groups excluding tert-OH is 2. The van der Waals surface area contributed by atoms with Crippen molar-refractivity contribution in [3.63, 3.8) is 0 Å². The Morgan fingerprint density at radius 2 is 2.35 bits per heavy atom. The van der Waals surface area contributed by atoms with Gasteiger partial charge in [0.2, 0.25) is 0 Å². The molecule has 4 atom stereocenters. The first-order chi connectivity index (χ1) is 8.11. The van der Waals surface area contributed by atoms with Gasteiger partial charge in [-0.1, -0.05) is 0 Å². The molecule has 0 aliphatic carbocycles. The van der Waals surface area contributed by atoms with Crippen molar-refractivity contribution >= 4 is 15.9 Å². The average molecular weight is 305 g/mol. The zero-order valence-corrected chi connectivity index (χ0v) is 10.1. The molecule has 2 aliphatic heterocycles. The summed E-state index contributed by atoms with van der Waals surface area (Å²) in [5.41, 5.74) is -0.440. The van der Waals surface area contributed by atoms with Gasteiger partial charge >= 0.3 is 6.01 Å². The molecule has 2 aliphatic rings. The number of halogens is 1. The molecule has 17 heavy (non-hydrogen) atoms. The summed E-state index contributed by atoms with van der Waals surface area (Å²) < 4.78 is 12.6. The number of aromatic nitrogens is 2. The molecule has 0 spiro atoms. The molecule has 1 saturated heterocycles. The highest BCUT2D eigenvalue weighted by atomic mass is 79.9. The Labute approximate surface area is 104 Å². The minimum atomic E-state index is -0.944. The van der Waals surface area contributed by atoms with Crippen molar-refractivity contribution in [2.45, 2.75) is 24.5 Å². The highest BCUT2D eigenvalue weighted by Crippen LogP contribution is 2.39. The van der Waals surface area contributed by atoms with Gasteiger partial charge in [0.25, 0.3) is 5.56 Å². The Kier molecular flexibility index (Phi) is 2.47. The maximum absolute atomic E-state index is 11.3. The topological polar surface area (TPSA) is 93.8 Å². The van der Waals surface area contributed by atoms with E-state index in [2.05, 4.69) is 20.9 Å². The quantitative estimate of drug-likeness (QED) is 0.692. The molecule has 1 unspecified atom stereocenters. The second-order valence-electron chi connectivity index (χ2n) is 3.90. The van der Waals surface area contributed by atoms with Crippen molar-refractivity contribution in [3.8, 4) is 6.01 Å². The molecule has 8 heteroatoms. The number of rotatable bonds is 1. The van der Waals surface area contributed by atoms with Gasteiger partial charge in [-0.05, 0) is 15.9 Å². The van der Waals surface area contributed by atoms with E-state index in [9.17, 15) is 9.90 Å². The van der Waals surface area contributed by atoms with Gasteiger partial charge in [-0.15, -0.1) is 0 Å². The molecule has 3 rings (SSSR count). The predicted octanol–water partition coefficient (Wildman–Crippen LogP) is -0.983. The number of aliphatic hydroxyl groups is 2. The fourth-order valence-corrected chi connectivity index (χ4v) is 2.35. The van der Waals surface area contributed by atoms with Gasteiger partial charge in [-0.2, -0.15) is 4.98 Å². The van der Waals surface area contributed by atoms with Gasteiger partial charge in [-0.3, -0.25) is 9.36 Å². The van der Waals surface area contributed by atoms with E-state index in [0.717, 1.165) is 0 Å². The first-order valence-corrected chi connectivity index (χ1v) is 5.81. The van der Waals surface area contributed by atoms with Gasteiger partial charge in [0.15, 0.2) is 12.3 Å². The molecule has 0 radical (unpaired) electrons. The van der Waals surface area contributed by atoms with Crippen LogP contribution in [0.2, 0.25) is 0 Å². The molecule has 2 N–H and O–H groups in total. The van der Waals surface area contributed by atoms with Crippen LogP contribution in [0.5, 0.6) is 6.01 Å². The van der Waals surface area contributed by atoms with Crippen LogP contribution in [-0.2, 0) is 4.74 Å². The summed E-state index contributed by atoms with van der Waals surface area (Å²) in [6.45, 7) is -0.290. The highest BCUT2D eigenvalue weighted by molar-refractivity contribution is 9.10. The smallest absolute Gasteiger partial charge is 0.302 e. The van der Waals surface area contributed by atoms with E-state index in [1.807, 2.05) is 0 Å². The summed E-state index contributed by atoms with van der Waals surface area (Å²) in [6, 6.07) is 0.114. The average Bonchev–Trinajstić information content (AvgIpc) is 2.78. The fourth-order valence-electron chi connectivity index (χ4n) is 2.04. The van der Waals surface area contributed by atoms with E-state index in [-0.39, 0.29) is 17.1 Å². The lowest BCUT2D eigenvalue weighted by atomic mass is 10.1. The lowest BCUT2D eigenvalue weighted by molar-refractivity contribution is -0.0435. The second-order valence-corrected chi connectivity index (χ2v) is 4.76. The van der Waals surface area contributed by atoms with Crippen molar-refractivity contribution in [2.24, 2.45) is 0 Å². The van der Waals surface area contributed by atoms with E-state index in [1.54, 1.807) is 0 Å². The van der Waals surface area contributed by atoms with Crippen LogP contribution in [0.1, 0.15) is 6.23 Å². The molecule has 1 fully saturated rings. The molecular formula is C9H9BrN2O5. The van der Waals surface area contributed by atoms with E-state index < -0.39 is 30.1 Å². The monoisotopic (exact) mass is 304 g/mol. The third-order valence-electron chi connectivity index (χ3n) is 2.88. The van der Waals surface area contributed by atoms with E-state index >= 15 is 0 Å². The Hall–Kier alpha value is -0.960. The first-order valence-electron chi connectivity index (χ1n) is 5.01. The van der Waals surface area contributed by atoms with Gasteiger partial charge in [-0.25, -0.2) is 0 Å². The van der Waals surface area contributed by atoms with Gasteiger partial charge < -0.3 is 19.7 Å². The molecule has 0 amide bonds. The minimum Gasteiger partial charge on any atom is -0.453 e. The van der Waals surface area contributed by atoms with Crippen molar-refractivity contribution in [1.82, 2.24) is 9.55 Å². The van der Waals surface area contributed by atoms with Crippen LogP contribution in [0.25, 0.3) is 0 Å². The Bertz CT molecular complexity index is 519. The maximum Gasteiger partial charge on any atom is 0.302 e. The standard InChI is InChI=1S/C9H9BrN2O5/c10-3-1-12-8-6(5(14)4(2-13)16-8)17-9(12)11-7(3)15/h1,4-6,8,13-14H,2H2/t4?,5-,6+,8+/m0/s1. The molecular weight excluding hydrogens is 296 g/mol. The lowest BCUT2D eigenvalue weighted by Crippen LogP contribution is -2.34. The summed E-state index contributed by atoms with van der Waals surface area (Å²) >= 11 is 3.07. The Morgan fingerprint density at radius 1 is 1.59 bits per heavy atom. The summed E-state index contributed by atoms with van der Waals surface area (Å²) in [6.07, 6.45) is -1.34. The summed E-state index contributed by atoms with van der Waals surface area (Å²) in [5, 5.41) is 18.8. The van der Waals surface area contributed by atoms with Crippen LogP contribution in [0, 0.1) is 0 Å². The summed E-state index contributed by atoms with van der Waals surface area (Å²) in [4.78, 5) is 15.0. The summed E-state index contributed by atoms with van der Waals surface area (Å²) in [7, 11) is 0. The van der Waals surface area contributed by atoms with Crippen LogP contribution >= 0.6 is 15.9 Å². The van der Waals surface area contributed by atoms with Gasteiger partial charge in [0.05, 0.1) is 6.61 Å². The maximum atomic E-state index is 11.3. The molecule has 7 nitrogen and oxygen atoms in total. The van der Waals surface area contributed by atoms with E-state index in [4.69, 9.17) is 14.6 Å². The van der Waals surface area contributed by atoms with Gasteiger partial charge in [0.1, 0.15) is 16.7 Å². The summed E-state index contributed by atoms with van der Waals surface area (Å²) in [5.74, 6) is 0. The third kappa shape index (κ3) is 1.52. The molecule has 0 aromatic carbocycles. The first kappa shape index (κ1) is 11.1. The van der Waals surface area contributed by atoms with Crippen molar-refractivity contribution < 1.29 is 19.7 Å². The predicted molar refractivity (Wildman–Crippen MR) is 57.6 cm³/mol. The molecule has 3 heterocycles. The van der Waals surface area contributed by atoms with Crippen molar-refractivity contribution in [3.05, 3.63) is 21.0 Å². The van der Waals surface area contributed by atoms with E-state index in [1.165, 1.54) is 10.8 Å². The number of hydrogen-bond acceptors (Lipinski definition) is 6. The minimum absolute atomic E-state index is 0.114. The lowest BCUT2D eigenvalue weighted by Gasteiger charge is -2.14. The third-order valence-corrected chi connectivity index (χ3v) is 3.43. The Balaban J connectivity index is 2.02. The highest BCUT2D eigenvalue weighted by Gasteiger charge is 2.51. The van der Waals surface area contributed by atoms with Crippen molar-refractivity contribution in [2.75, 3.05) is 6.61 Å². The molecule has 0 bridgehead atoms. The van der Waals surface area contributed by atoms with Crippen LogP contribution in [-0.4, -0.2) is 44.7 Å². The second kappa shape index (κ2) is 3.77. The molecule has 92 valence electrons. The zero-order chi connectivity index (χ0) is 12.2. The van der Waals surface area contributed by atoms with Crippen LogP contribution in [0.3, 0.4) is 0 Å². The molecule has 1 aromatic rings. The number of hydrogen-bond donors (Lipinski definition) is 2. The van der Waals surface area contributed by atoms with Crippen molar-refractivity contribution in [1.29, 1.82) is 0 Å². The van der Waals surface area contributed by atoms with Gasteiger partial charge in [0, 0.05) is 6.20 Å². The largest absolute Gasteiger partial charge is 0.453 e. The fraction of sp³-hybridized carbons (Fsp3) is 0.556. The Morgan fingerprint density at radius 3 is 3.06 bits per heavy atom. The number of nitrogens with zero attached hydrogens (tertiary/aromatic N) is 2.